The summed E-state index contributed by atoms with van der Waals surface area (Å²) in [6.07, 6.45) is 0. The Kier molecular flexibility index (Phi) is 10.4. The maximum Gasteiger partial charge on any atom is 0.193 e. The second-order valence-corrected chi connectivity index (χ2v) is 6.54. The lowest BCUT2D eigenvalue weighted by Gasteiger charge is -2.13. The first kappa shape index (κ1) is 23.0. The minimum absolute atomic E-state index is 0.0165. The number of ketones is 1. The van der Waals surface area contributed by atoms with E-state index < -0.39 is 0 Å². The summed E-state index contributed by atoms with van der Waals surface area (Å²) in [4.78, 5) is 12.7. The van der Waals surface area contributed by atoms with Gasteiger partial charge in [-0.2, -0.15) is 0 Å². The molecule has 0 bridgehead atoms. The van der Waals surface area contributed by atoms with Crippen molar-refractivity contribution in [1.82, 2.24) is 0 Å². The maximum atomic E-state index is 12.7. The average Bonchev–Trinajstić information content (AvgIpc) is 2.74. The van der Waals surface area contributed by atoms with Crippen LogP contribution in [0.4, 0.5) is 0 Å². The van der Waals surface area contributed by atoms with E-state index in [9.17, 15) is 4.79 Å². The normalized spacial score (nSPS) is 10.9. The molecule has 2 rings (SSSR count). The molecule has 0 saturated carbocycles. The Labute approximate surface area is 172 Å². The number of aryl methyl sites for hydroxylation is 2. The molecule has 0 fully saturated rings. The molecule has 0 unspecified atom stereocenters. The van der Waals surface area contributed by atoms with Gasteiger partial charge in [0.2, 0.25) is 0 Å². The zero-order valence-corrected chi connectivity index (χ0v) is 17.2. The van der Waals surface area contributed by atoms with Gasteiger partial charge in [0.1, 0.15) is 12.4 Å². The van der Waals surface area contributed by atoms with Crippen molar-refractivity contribution in [3.05, 3.63) is 64.7 Å². The fourth-order valence-electron chi connectivity index (χ4n) is 2.75. The highest BCUT2D eigenvalue weighted by Gasteiger charge is 2.14. The van der Waals surface area contributed by atoms with Crippen LogP contribution in [-0.4, -0.2) is 63.7 Å². The summed E-state index contributed by atoms with van der Waals surface area (Å²) < 4.78 is 21.7. The molecule has 2 aromatic carbocycles. The summed E-state index contributed by atoms with van der Waals surface area (Å²) in [5, 5.41) is 8.58. The monoisotopic (exact) mass is 402 g/mol. The Bertz CT molecular complexity index is 745. The van der Waals surface area contributed by atoms with E-state index in [0.29, 0.717) is 57.4 Å². The van der Waals surface area contributed by atoms with Gasteiger partial charge >= 0.3 is 0 Å². The van der Waals surface area contributed by atoms with Crippen molar-refractivity contribution in [3.63, 3.8) is 0 Å². The Morgan fingerprint density at radius 2 is 1.38 bits per heavy atom. The van der Waals surface area contributed by atoms with Crippen LogP contribution in [0.25, 0.3) is 0 Å². The van der Waals surface area contributed by atoms with Crippen molar-refractivity contribution in [3.8, 4) is 5.75 Å². The van der Waals surface area contributed by atoms with Crippen molar-refractivity contribution in [2.45, 2.75) is 13.8 Å². The molecule has 0 spiro atoms. The molecule has 6 nitrogen and oxygen atoms in total. The molecule has 0 aliphatic carbocycles. The third-order valence-corrected chi connectivity index (χ3v) is 4.27. The predicted molar refractivity (Wildman–Crippen MR) is 111 cm³/mol. The van der Waals surface area contributed by atoms with E-state index in [1.807, 2.05) is 56.3 Å². The molecule has 0 aliphatic heterocycles. The van der Waals surface area contributed by atoms with Gasteiger partial charge in [0.25, 0.3) is 0 Å². The smallest absolute Gasteiger partial charge is 0.193 e. The molecule has 158 valence electrons. The van der Waals surface area contributed by atoms with Gasteiger partial charge in [-0.1, -0.05) is 30.3 Å². The van der Waals surface area contributed by atoms with Crippen LogP contribution in [-0.2, 0) is 14.2 Å². The fraction of sp³-hybridized carbons (Fsp3) is 0.435. The van der Waals surface area contributed by atoms with Crippen molar-refractivity contribution in [1.29, 1.82) is 0 Å². The minimum Gasteiger partial charge on any atom is -0.491 e. The van der Waals surface area contributed by atoms with Crippen LogP contribution in [0.1, 0.15) is 27.0 Å². The second kappa shape index (κ2) is 13.1. The fourth-order valence-corrected chi connectivity index (χ4v) is 2.75. The number of rotatable bonds is 14. The molecule has 0 heterocycles. The number of hydrogen-bond acceptors (Lipinski definition) is 6. The molecule has 29 heavy (non-hydrogen) atoms. The molecule has 0 radical (unpaired) electrons. The maximum absolute atomic E-state index is 12.7. The summed E-state index contributed by atoms with van der Waals surface area (Å²) >= 11 is 0. The quantitative estimate of drug-likeness (QED) is 0.387. The lowest BCUT2D eigenvalue weighted by Crippen LogP contribution is -2.13. The van der Waals surface area contributed by atoms with Gasteiger partial charge in [0.15, 0.2) is 5.78 Å². The van der Waals surface area contributed by atoms with Gasteiger partial charge < -0.3 is 24.1 Å². The number of hydrogen-bond donors (Lipinski definition) is 1. The van der Waals surface area contributed by atoms with Gasteiger partial charge in [-0.3, -0.25) is 4.79 Å². The third kappa shape index (κ3) is 7.95. The largest absolute Gasteiger partial charge is 0.491 e. The van der Waals surface area contributed by atoms with Crippen LogP contribution in [0.15, 0.2) is 42.5 Å². The number of ether oxygens (including phenoxy) is 4. The molecule has 2 aromatic rings. The van der Waals surface area contributed by atoms with Crippen LogP contribution in [0, 0.1) is 13.8 Å². The SMILES string of the molecule is Cc1cc(C(=O)c2ccccc2)c(C)cc1OCCOCCOCCOCCO. The van der Waals surface area contributed by atoms with Crippen molar-refractivity contribution in [2.75, 3.05) is 52.9 Å². The molecule has 0 atom stereocenters. The number of aliphatic hydroxyl groups excluding tert-OH is 1. The minimum atomic E-state index is 0.0165. The molecule has 0 saturated heterocycles. The summed E-state index contributed by atoms with van der Waals surface area (Å²) in [6, 6.07) is 13.1. The first-order valence-electron chi connectivity index (χ1n) is 9.81. The predicted octanol–water partition coefficient (Wildman–Crippen LogP) is 2.96. The number of benzene rings is 2. The second-order valence-electron chi connectivity index (χ2n) is 6.54. The first-order chi connectivity index (χ1) is 14.1. The van der Waals surface area contributed by atoms with Crippen LogP contribution in [0.5, 0.6) is 5.75 Å². The number of aliphatic hydroxyl groups is 1. The number of carbonyl (C=O) groups is 1. The summed E-state index contributed by atoms with van der Waals surface area (Å²) in [6.45, 7) is 6.98. The molecule has 0 amide bonds. The number of carbonyl (C=O) groups excluding carboxylic acids is 1. The Balaban J connectivity index is 1.71. The zero-order chi connectivity index (χ0) is 20.9. The lowest BCUT2D eigenvalue weighted by atomic mass is 9.97. The van der Waals surface area contributed by atoms with E-state index >= 15 is 0 Å². The van der Waals surface area contributed by atoms with Gasteiger partial charge in [0, 0.05) is 11.1 Å². The Morgan fingerprint density at radius 3 is 2.00 bits per heavy atom. The van der Waals surface area contributed by atoms with Crippen LogP contribution in [0.2, 0.25) is 0 Å². The topological polar surface area (TPSA) is 74.2 Å². The van der Waals surface area contributed by atoms with Gasteiger partial charge in [-0.15, -0.1) is 0 Å². The molecule has 1 N–H and O–H groups in total. The highest BCUT2D eigenvalue weighted by molar-refractivity contribution is 6.10. The third-order valence-electron chi connectivity index (χ3n) is 4.27. The van der Waals surface area contributed by atoms with Crippen molar-refractivity contribution < 1.29 is 28.8 Å². The van der Waals surface area contributed by atoms with Crippen molar-refractivity contribution in [2.24, 2.45) is 0 Å². The van der Waals surface area contributed by atoms with E-state index in [-0.39, 0.29) is 12.4 Å². The Hall–Kier alpha value is -2.25. The van der Waals surface area contributed by atoms with E-state index in [4.69, 9.17) is 24.1 Å². The lowest BCUT2D eigenvalue weighted by molar-refractivity contribution is 0.00358. The Morgan fingerprint density at radius 1 is 0.793 bits per heavy atom. The van der Waals surface area contributed by atoms with Crippen molar-refractivity contribution >= 4 is 5.78 Å². The molecule has 0 aliphatic rings. The first-order valence-corrected chi connectivity index (χ1v) is 9.81. The van der Waals surface area contributed by atoms with E-state index in [0.717, 1.165) is 16.9 Å². The summed E-state index contributed by atoms with van der Waals surface area (Å²) in [5.41, 5.74) is 3.18. The standard InChI is InChI=1S/C23H30O6/c1-18-17-22(29-15-14-28-13-12-27-11-10-26-9-8-24)19(2)16-21(18)23(25)20-6-4-3-5-7-20/h3-7,16-17,24H,8-15H2,1-2H3. The van der Waals surface area contributed by atoms with Crippen LogP contribution < -0.4 is 4.74 Å². The van der Waals surface area contributed by atoms with E-state index in [1.54, 1.807) is 0 Å². The van der Waals surface area contributed by atoms with Crippen LogP contribution in [0.3, 0.4) is 0 Å². The average molecular weight is 402 g/mol. The van der Waals surface area contributed by atoms with Crippen LogP contribution >= 0.6 is 0 Å². The van der Waals surface area contributed by atoms with Gasteiger partial charge in [0.05, 0.1) is 46.2 Å². The zero-order valence-electron chi connectivity index (χ0n) is 17.2. The summed E-state index contributed by atoms with van der Waals surface area (Å²) in [5.74, 6) is 0.774. The molecular weight excluding hydrogens is 372 g/mol. The van der Waals surface area contributed by atoms with Gasteiger partial charge in [-0.25, -0.2) is 0 Å². The molecular formula is C23H30O6. The van der Waals surface area contributed by atoms with E-state index in [1.165, 1.54) is 0 Å². The molecule has 6 heteroatoms. The van der Waals surface area contributed by atoms with Gasteiger partial charge in [-0.05, 0) is 37.1 Å². The highest BCUT2D eigenvalue weighted by atomic mass is 16.6. The highest BCUT2D eigenvalue weighted by Crippen LogP contribution is 2.24. The molecule has 0 aromatic heterocycles. The van der Waals surface area contributed by atoms with E-state index in [2.05, 4.69) is 0 Å². The summed E-state index contributed by atoms with van der Waals surface area (Å²) in [7, 11) is 0.